The molecule has 17 nitrogen and oxygen atoms in total. The fourth-order valence-corrected chi connectivity index (χ4v) is 8.24. The lowest BCUT2D eigenvalue weighted by Gasteiger charge is -2.22. The second kappa shape index (κ2) is 17.1. The lowest BCUT2D eigenvalue weighted by molar-refractivity contribution is -0.197. The minimum Gasteiger partial charge on any atom is -0.493 e. The summed E-state index contributed by atoms with van der Waals surface area (Å²) in [4.78, 5) is 99.6. The number of methoxy groups -OCH3 is 1. The fraction of sp³-hybridized carbons (Fsp3) is 0.256. The molecule has 0 bridgehead atoms. The van der Waals surface area contributed by atoms with Gasteiger partial charge in [-0.05, 0) is 59.8 Å². The van der Waals surface area contributed by atoms with Crippen molar-refractivity contribution in [1.29, 1.82) is 0 Å². The number of carbonyl (C=O) groups excluding carboxylic acids is 7. The molecule has 3 aliphatic heterocycles. The van der Waals surface area contributed by atoms with E-state index >= 15 is 0 Å². The fourth-order valence-electron chi connectivity index (χ4n) is 7.28. The third-order valence-corrected chi connectivity index (χ3v) is 11.4. The third kappa shape index (κ3) is 8.56. The number of hydrogen-bond acceptors (Lipinski definition) is 12. The Bertz CT molecular complexity index is 2650. The molecule has 0 saturated carbocycles. The van der Waals surface area contributed by atoms with Crippen LogP contribution in [0.4, 0.5) is 22.7 Å². The zero-order valence-electron chi connectivity index (χ0n) is 33.0. The van der Waals surface area contributed by atoms with Gasteiger partial charge in [-0.15, -0.1) is 16.4 Å². The first-order valence-electron chi connectivity index (χ1n) is 19.4. The summed E-state index contributed by atoms with van der Waals surface area (Å²) >= 11 is 1.23. The van der Waals surface area contributed by atoms with Crippen LogP contribution in [-0.4, -0.2) is 83.6 Å². The number of amides is 6. The van der Waals surface area contributed by atoms with Gasteiger partial charge in [-0.25, -0.2) is 4.79 Å². The van der Waals surface area contributed by atoms with Crippen LogP contribution in [0.15, 0.2) is 77.9 Å². The maximum Gasteiger partial charge on any atom is 0.334 e. The highest BCUT2D eigenvalue weighted by atomic mass is 32.1. The van der Waals surface area contributed by atoms with E-state index < -0.39 is 29.6 Å². The molecule has 18 heteroatoms. The number of carbonyl (C=O) groups is 7. The molecule has 3 N–H and O–H groups in total. The minimum absolute atomic E-state index is 0.0124. The summed E-state index contributed by atoms with van der Waals surface area (Å²) in [6.45, 7) is 0.120. The van der Waals surface area contributed by atoms with E-state index in [1.54, 1.807) is 71.4 Å². The highest BCUT2D eigenvalue weighted by Gasteiger charge is 2.37. The molecular formula is C43H39N7O10S. The number of thiophene rings is 1. The van der Waals surface area contributed by atoms with Gasteiger partial charge in [0.15, 0.2) is 11.5 Å². The van der Waals surface area contributed by atoms with Gasteiger partial charge in [0.1, 0.15) is 5.69 Å². The molecule has 0 radical (unpaired) electrons. The number of nitrogens with zero attached hydrogens (tertiary/aromatic N) is 4. The van der Waals surface area contributed by atoms with Gasteiger partial charge in [0.2, 0.25) is 5.91 Å². The van der Waals surface area contributed by atoms with E-state index in [1.165, 1.54) is 18.4 Å². The van der Waals surface area contributed by atoms with Crippen molar-refractivity contribution >= 4 is 91.8 Å². The van der Waals surface area contributed by atoms with Gasteiger partial charge in [0, 0.05) is 73.8 Å². The lowest BCUT2D eigenvalue weighted by Crippen LogP contribution is -2.37. The molecular weight excluding hydrogens is 807 g/mol. The first kappa shape index (κ1) is 40.4. The third-order valence-electron chi connectivity index (χ3n) is 10.3. The van der Waals surface area contributed by atoms with Crippen molar-refractivity contribution in [3.8, 4) is 11.5 Å². The van der Waals surface area contributed by atoms with E-state index in [2.05, 4.69) is 20.9 Å². The highest BCUT2D eigenvalue weighted by Crippen LogP contribution is 2.41. The molecule has 0 spiro atoms. The molecule has 312 valence electrons. The number of aliphatic imine (C=N–C) groups is 1. The minimum atomic E-state index is -0.821. The number of aromatic nitrogens is 1. The van der Waals surface area contributed by atoms with Gasteiger partial charge in [0.25, 0.3) is 29.5 Å². The first-order valence-corrected chi connectivity index (χ1v) is 20.2. The Hall–Kier alpha value is -7.34. The van der Waals surface area contributed by atoms with Gasteiger partial charge in [-0.3, -0.25) is 38.7 Å². The largest absolute Gasteiger partial charge is 0.493 e. The average molecular weight is 846 g/mol. The number of anilines is 3. The average Bonchev–Trinajstić information content (AvgIpc) is 4.00. The second-order valence-electron chi connectivity index (χ2n) is 14.5. The molecule has 5 heterocycles. The number of nitrogens with one attached hydrogen (secondary N) is 3. The second-order valence-corrected chi connectivity index (χ2v) is 15.6. The van der Waals surface area contributed by atoms with E-state index in [9.17, 15) is 33.6 Å². The van der Waals surface area contributed by atoms with E-state index in [0.717, 1.165) is 16.0 Å². The molecule has 8 rings (SSSR count). The van der Waals surface area contributed by atoms with Crippen molar-refractivity contribution < 1.29 is 47.9 Å². The summed E-state index contributed by atoms with van der Waals surface area (Å²) < 4.78 is 14.0. The summed E-state index contributed by atoms with van der Waals surface area (Å²) in [6, 6.07) is 19.4. The Labute approximate surface area is 352 Å². The molecule has 3 aliphatic rings. The van der Waals surface area contributed by atoms with Crippen LogP contribution in [0.3, 0.4) is 0 Å². The molecule has 5 aromatic rings. The van der Waals surface area contributed by atoms with Crippen LogP contribution in [0, 0.1) is 0 Å². The molecule has 2 aromatic heterocycles. The zero-order chi connectivity index (χ0) is 42.8. The van der Waals surface area contributed by atoms with Crippen molar-refractivity contribution in [3.05, 3.63) is 94.6 Å². The van der Waals surface area contributed by atoms with Crippen LogP contribution in [-0.2, 0) is 37.5 Å². The molecule has 1 saturated heterocycles. The number of ether oxygens (including phenoxy) is 2. The van der Waals surface area contributed by atoms with Crippen LogP contribution < -0.4 is 30.3 Å². The maximum absolute atomic E-state index is 13.7. The Balaban J connectivity index is 0.805. The van der Waals surface area contributed by atoms with Gasteiger partial charge in [0.05, 0.1) is 48.0 Å². The van der Waals surface area contributed by atoms with Crippen molar-refractivity contribution in [1.82, 2.24) is 14.9 Å². The number of hydroxylamine groups is 2. The normalized spacial score (nSPS) is 15.2. The van der Waals surface area contributed by atoms with E-state index in [4.69, 9.17) is 14.3 Å². The number of hydrogen-bond donors (Lipinski definition) is 3. The monoisotopic (exact) mass is 845 g/mol. The molecule has 1 fully saturated rings. The number of para-hydroxylation sites is 1. The summed E-state index contributed by atoms with van der Waals surface area (Å²) in [7, 11) is 3.18. The summed E-state index contributed by atoms with van der Waals surface area (Å²) in [6.07, 6.45) is 4.34. The highest BCUT2D eigenvalue weighted by molar-refractivity contribution is 7.20. The summed E-state index contributed by atoms with van der Waals surface area (Å²) in [5.74, 6) is -2.48. The standard InChI is InChI=1S/C43H39N7O10S/c1-48-23-27(46-37(51)8-5-15-59-34-21-30-29(20-33(34)58-2)43(57)49-28(22-45-30)17-24-6-3-4-7-31(24)49)19-32(48)41(55)47-26-9-10-35-25(16-26)18-36(61-35)42(56)44-14-13-40(54)60-50-38(52)11-12-39(50)53/h3-4,6-7,9-10,16,18-23,28H,5,8,11-15,17H2,1-2H3,(H,44,56)(H,46,51)(H,47,55)/t28-/m0/s1. The lowest BCUT2D eigenvalue weighted by atomic mass is 10.1. The summed E-state index contributed by atoms with van der Waals surface area (Å²) in [5.41, 5.74) is 4.07. The molecule has 3 aromatic carbocycles. The van der Waals surface area contributed by atoms with Gasteiger partial charge in [-0.1, -0.05) is 18.2 Å². The van der Waals surface area contributed by atoms with E-state index in [1.807, 2.05) is 24.3 Å². The number of imide groups is 1. The Kier molecular flexibility index (Phi) is 11.3. The molecule has 0 aliphatic carbocycles. The number of benzene rings is 3. The van der Waals surface area contributed by atoms with Gasteiger partial charge < -0.3 is 34.8 Å². The number of fused-ring (bicyclic) bond motifs is 5. The van der Waals surface area contributed by atoms with Crippen LogP contribution in [0.1, 0.15) is 68.2 Å². The quantitative estimate of drug-likeness (QED) is 0.0970. The van der Waals surface area contributed by atoms with E-state index in [0.29, 0.717) is 68.0 Å². The Morgan fingerprint density at radius 2 is 1.69 bits per heavy atom. The SMILES string of the molecule is COc1cc2c(cc1OCCCC(=O)Nc1cc(C(=O)Nc3ccc4sc(C(=O)NCCC(=O)ON5C(=O)CCC5=O)cc4c3)n(C)c1)N=C[C@@H]1Cc3ccccc3N1C2=O. The molecule has 6 amide bonds. The molecule has 0 unspecified atom stereocenters. The Morgan fingerprint density at radius 3 is 2.49 bits per heavy atom. The maximum atomic E-state index is 13.7. The summed E-state index contributed by atoms with van der Waals surface area (Å²) in [5, 5.41) is 9.48. The van der Waals surface area contributed by atoms with E-state index in [-0.39, 0.29) is 56.7 Å². The smallest absolute Gasteiger partial charge is 0.334 e. The molecule has 61 heavy (non-hydrogen) atoms. The molecule has 1 atom stereocenters. The van der Waals surface area contributed by atoms with Crippen molar-refractivity contribution in [2.75, 3.05) is 35.8 Å². The number of aryl methyl sites for hydroxylation is 1. The zero-order valence-corrected chi connectivity index (χ0v) is 33.8. The van der Waals surface area contributed by atoms with Crippen LogP contribution in [0.2, 0.25) is 0 Å². The Morgan fingerprint density at radius 1 is 0.885 bits per heavy atom. The van der Waals surface area contributed by atoms with Crippen LogP contribution in [0.25, 0.3) is 10.1 Å². The van der Waals surface area contributed by atoms with Crippen LogP contribution in [0.5, 0.6) is 11.5 Å². The van der Waals surface area contributed by atoms with Crippen molar-refractivity contribution in [2.24, 2.45) is 12.0 Å². The first-order chi connectivity index (χ1) is 29.4. The topological polar surface area (TPSA) is 207 Å². The predicted octanol–water partition coefficient (Wildman–Crippen LogP) is 5.31. The number of rotatable bonds is 14. The predicted molar refractivity (Wildman–Crippen MR) is 225 cm³/mol. The van der Waals surface area contributed by atoms with Gasteiger partial charge in [-0.2, -0.15) is 0 Å². The van der Waals surface area contributed by atoms with Gasteiger partial charge >= 0.3 is 5.97 Å². The van der Waals surface area contributed by atoms with Crippen molar-refractivity contribution in [3.63, 3.8) is 0 Å². The van der Waals surface area contributed by atoms with Crippen molar-refractivity contribution in [2.45, 2.75) is 44.6 Å². The van der Waals surface area contributed by atoms with Crippen LogP contribution >= 0.6 is 11.3 Å².